The lowest BCUT2D eigenvalue weighted by Gasteiger charge is -2.60. The first-order valence-corrected chi connectivity index (χ1v) is 11.0. The number of hydrogen-bond acceptors (Lipinski definition) is 5. The molecule has 2 aliphatic rings. The zero-order chi connectivity index (χ0) is 22.5. The summed E-state index contributed by atoms with van der Waals surface area (Å²) in [7, 11) is 0. The van der Waals surface area contributed by atoms with Gasteiger partial charge >= 0.3 is 6.09 Å². The minimum absolute atomic E-state index is 0.0841. The first kappa shape index (κ1) is 21.0. The molecule has 2 amide bonds. The molecule has 2 N–H and O–H groups in total. The number of amides is 2. The number of benzene rings is 1. The van der Waals surface area contributed by atoms with E-state index in [0.29, 0.717) is 60.5 Å². The molecule has 2 aliphatic heterocycles. The molecule has 4 heterocycles. The summed E-state index contributed by atoms with van der Waals surface area (Å²) in [5.74, 6) is -0.0841. The SMILES string of the molecule is O=C(O)N1CCC2(CC1)CN(C(=O)c1ccc3n[nH]nc3c1)C2Cc1cnc(Cl)c(Cl)c1. The Bertz CT molecular complexity index is 1210. The summed E-state index contributed by atoms with van der Waals surface area (Å²) >= 11 is 12.1. The van der Waals surface area contributed by atoms with Crippen molar-refractivity contribution in [2.45, 2.75) is 25.3 Å². The molecule has 9 nitrogen and oxygen atoms in total. The van der Waals surface area contributed by atoms with Crippen molar-refractivity contribution in [2.75, 3.05) is 19.6 Å². The Labute approximate surface area is 193 Å². The van der Waals surface area contributed by atoms with Crippen LogP contribution in [0.25, 0.3) is 11.0 Å². The van der Waals surface area contributed by atoms with Crippen molar-refractivity contribution in [3.05, 3.63) is 51.8 Å². The first-order chi connectivity index (χ1) is 15.4. The maximum Gasteiger partial charge on any atom is 0.407 e. The van der Waals surface area contributed by atoms with Crippen LogP contribution in [0.5, 0.6) is 0 Å². The largest absolute Gasteiger partial charge is 0.465 e. The van der Waals surface area contributed by atoms with Gasteiger partial charge in [0, 0.05) is 42.9 Å². The summed E-state index contributed by atoms with van der Waals surface area (Å²) in [5, 5.41) is 20.6. The second-order valence-corrected chi connectivity index (χ2v) is 9.19. The van der Waals surface area contributed by atoms with E-state index >= 15 is 0 Å². The van der Waals surface area contributed by atoms with E-state index in [1.807, 2.05) is 4.90 Å². The van der Waals surface area contributed by atoms with Crippen LogP contribution in [0.2, 0.25) is 10.2 Å². The molecule has 1 unspecified atom stereocenters. The van der Waals surface area contributed by atoms with Gasteiger partial charge in [-0.05, 0) is 49.1 Å². The molecule has 166 valence electrons. The van der Waals surface area contributed by atoms with Gasteiger partial charge in [0.15, 0.2) is 0 Å². The van der Waals surface area contributed by atoms with Crippen LogP contribution in [0, 0.1) is 5.41 Å². The topological polar surface area (TPSA) is 115 Å². The average Bonchev–Trinajstić information content (AvgIpc) is 3.26. The molecule has 3 aromatic rings. The molecule has 1 atom stereocenters. The molecule has 0 bridgehead atoms. The fraction of sp³-hybridized carbons (Fsp3) is 0.381. The summed E-state index contributed by atoms with van der Waals surface area (Å²) in [5.41, 5.74) is 2.61. The predicted molar refractivity (Wildman–Crippen MR) is 118 cm³/mol. The number of aromatic amines is 1. The van der Waals surface area contributed by atoms with E-state index in [1.165, 1.54) is 4.90 Å². The van der Waals surface area contributed by atoms with Gasteiger partial charge in [-0.1, -0.05) is 23.2 Å². The molecule has 2 saturated heterocycles. The number of nitrogens with zero attached hydrogens (tertiary/aromatic N) is 5. The highest BCUT2D eigenvalue weighted by molar-refractivity contribution is 6.41. The van der Waals surface area contributed by atoms with Crippen LogP contribution in [0.15, 0.2) is 30.5 Å². The molecule has 0 aliphatic carbocycles. The molecule has 32 heavy (non-hydrogen) atoms. The summed E-state index contributed by atoms with van der Waals surface area (Å²) in [4.78, 5) is 32.2. The average molecular weight is 475 g/mol. The number of halogens is 2. The van der Waals surface area contributed by atoms with Gasteiger partial charge in [-0.15, -0.1) is 0 Å². The van der Waals surface area contributed by atoms with Crippen molar-refractivity contribution in [1.82, 2.24) is 30.2 Å². The highest BCUT2D eigenvalue weighted by Gasteiger charge is 2.55. The Kier molecular flexibility index (Phi) is 5.17. The van der Waals surface area contributed by atoms with Crippen molar-refractivity contribution in [1.29, 1.82) is 0 Å². The third-order valence-electron chi connectivity index (χ3n) is 6.70. The number of carboxylic acid groups (broad SMARTS) is 1. The molecular formula is C21H20Cl2N6O3. The van der Waals surface area contributed by atoms with Crippen molar-refractivity contribution in [3.63, 3.8) is 0 Å². The van der Waals surface area contributed by atoms with Crippen LogP contribution in [-0.2, 0) is 6.42 Å². The lowest BCUT2D eigenvalue weighted by molar-refractivity contribution is -0.0835. The number of piperidine rings is 1. The number of pyridine rings is 1. The Balaban J connectivity index is 1.42. The van der Waals surface area contributed by atoms with Gasteiger partial charge in [-0.2, -0.15) is 15.4 Å². The smallest absolute Gasteiger partial charge is 0.407 e. The normalized spacial score (nSPS) is 19.9. The van der Waals surface area contributed by atoms with Crippen LogP contribution in [0.1, 0.15) is 28.8 Å². The summed E-state index contributed by atoms with van der Waals surface area (Å²) in [6.07, 6.45) is 2.74. The first-order valence-electron chi connectivity index (χ1n) is 10.3. The number of fused-ring (bicyclic) bond motifs is 1. The Morgan fingerprint density at radius 2 is 1.91 bits per heavy atom. The summed E-state index contributed by atoms with van der Waals surface area (Å²) < 4.78 is 0. The quantitative estimate of drug-likeness (QED) is 0.561. The van der Waals surface area contributed by atoms with Gasteiger partial charge < -0.3 is 14.9 Å². The van der Waals surface area contributed by atoms with Gasteiger partial charge in [-0.3, -0.25) is 4.79 Å². The zero-order valence-corrected chi connectivity index (χ0v) is 18.5. The predicted octanol–water partition coefficient (Wildman–Crippen LogP) is 3.49. The third kappa shape index (κ3) is 3.55. The van der Waals surface area contributed by atoms with E-state index in [0.717, 1.165) is 5.56 Å². The Hall–Kier alpha value is -2.91. The molecule has 0 saturated carbocycles. The lowest BCUT2D eigenvalue weighted by Crippen LogP contribution is -2.69. The number of carbonyl (C=O) groups excluding carboxylic acids is 1. The fourth-order valence-corrected chi connectivity index (χ4v) is 5.17. The number of aromatic nitrogens is 4. The van der Waals surface area contributed by atoms with Crippen LogP contribution >= 0.6 is 23.2 Å². The number of nitrogens with one attached hydrogen (secondary N) is 1. The van der Waals surface area contributed by atoms with E-state index in [2.05, 4.69) is 20.4 Å². The molecule has 5 rings (SSSR count). The summed E-state index contributed by atoms with van der Waals surface area (Å²) in [6.45, 7) is 1.49. The lowest BCUT2D eigenvalue weighted by atomic mass is 9.63. The van der Waals surface area contributed by atoms with Gasteiger partial charge in [0.2, 0.25) is 0 Å². The van der Waals surface area contributed by atoms with Crippen molar-refractivity contribution in [2.24, 2.45) is 5.41 Å². The molecule has 1 spiro atoms. The van der Waals surface area contributed by atoms with Crippen LogP contribution in [0.4, 0.5) is 4.79 Å². The van der Waals surface area contributed by atoms with Crippen molar-refractivity contribution < 1.29 is 14.7 Å². The molecule has 2 fully saturated rings. The van der Waals surface area contributed by atoms with Crippen LogP contribution < -0.4 is 0 Å². The fourth-order valence-electron chi connectivity index (χ4n) is 4.88. The van der Waals surface area contributed by atoms with Gasteiger partial charge in [0.1, 0.15) is 16.2 Å². The van der Waals surface area contributed by atoms with E-state index < -0.39 is 6.09 Å². The van der Waals surface area contributed by atoms with Gasteiger partial charge in [-0.25, -0.2) is 9.78 Å². The van der Waals surface area contributed by atoms with E-state index in [4.69, 9.17) is 23.2 Å². The maximum atomic E-state index is 13.4. The highest BCUT2D eigenvalue weighted by atomic mass is 35.5. The third-order valence-corrected chi connectivity index (χ3v) is 7.39. The second kappa shape index (κ2) is 7.90. The number of H-pyrrole nitrogens is 1. The van der Waals surface area contributed by atoms with Crippen molar-refractivity contribution in [3.8, 4) is 0 Å². The Morgan fingerprint density at radius 1 is 1.16 bits per heavy atom. The zero-order valence-electron chi connectivity index (χ0n) is 17.0. The number of carbonyl (C=O) groups is 2. The summed E-state index contributed by atoms with van der Waals surface area (Å²) in [6, 6.07) is 6.93. The molecule has 2 aromatic heterocycles. The number of hydrogen-bond donors (Lipinski definition) is 2. The molecule has 1 aromatic carbocycles. The van der Waals surface area contributed by atoms with E-state index in [1.54, 1.807) is 30.5 Å². The van der Waals surface area contributed by atoms with Gasteiger partial charge in [0.05, 0.1) is 5.02 Å². The van der Waals surface area contributed by atoms with Crippen LogP contribution in [-0.4, -0.2) is 73.0 Å². The number of likely N-dealkylation sites (tertiary alicyclic amines) is 2. The second-order valence-electron chi connectivity index (χ2n) is 8.43. The Morgan fingerprint density at radius 3 is 2.62 bits per heavy atom. The van der Waals surface area contributed by atoms with E-state index in [-0.39, 0.29) is 22.5 Å². The number of rotatable bonds is 3. The molecular weight excluding hydrogens is 455 g/mol. The minimum atomic E-state index is -0.904. The highest BCUT2D eigenvalue weighted by Crippen LogP contribution is 2.48. The molecule has 11 heteroatoms. The molecule has 0 radical (unpaired) electrons. The van der Waals surface area contributed by atoms with E-state index in [9.17, 15) is 14.7 Å². The standard InChI is InChI=1S/C21H20Cl2N6O3/c22-14-7-12(10-24-18(14)23)8-17-21(3-5-28(6-4-21)20(31)32)11-29(17)19(30)13-1-2-15-16(9-13)26-27-25-15/h1-2,7,9-10,17H,3-6,8,11H2,(H,31,32)(H,25,26,27). The maximum absolute atomic E-state index is 13.4. The van der Waals surface area contributed by atoms with Crippen LogP contribution in [0.3, 0.4) is 0 Å². The van der Waals surface area contributed by atoms with Crippen molar-refractivity contribution >= 4 is 46.2 Å². The monoisotopic (exact) mass is 474 g/mol. The minimum Gasteiger partial charge on any atom is -0.465 e. The van der Waals surface area contributed by atoms with Gasteiger partial charge in [0.25, 0.3) is 5.91 Å².